The molecule has 0 aromatic carbocycles. The van der Waals surface area contributed by atoms with Crippen LogP contribution in [0.1, 0.15) is 10.4 Å². The molecule has 2 aromatic heterocycles. The summed E-state index contributed by atoms with van der Waals surface area (Å²) >= 11 is 13.1. The van der Waals surface area contributed by atoms with Gasteiger partial charge in [0.2, 0.25) is 0 Å². The number of aromatic nitrogens is 2. The number of carbonyl (C=O) groups excluding carboxylic acids is 1. The Morgan fingerprint density at radius 2 is 1.95 bits per heavy atom. The predicted octanol–water partition coefficient (Wildman–Crippen LogP) is 2.81. The van der Waals surface area contributed by atoms with Gasteiger partial charge in [-0.05, 0) is 6.07 Å². The molecule has 1 amide bonds. The average molecular weight is 343 g/mol. The molecule has 0 spiro atoms. The van der Waals surface area contributed by atoms with Gasteiger partial charge in [0, 0.05) is 38.6 Å². The van der Waals surface area contributed by atoms with Crippen LogP contribution in [-0.4, -0.2) is 47.0 Å². The lowest BCUT2D eigenvalue weighted by atomic mass is 10.2. The Labute approximate surface area is 136 Å². The molecule has 0 bridgehead atoms. The number of nitrogens with zero attached hydrogens (tertiary/aromatic N) is 4. The summed E-state index contributed by atoms with van der Waals surface area (Å²) in [5.41, 5.74) is 0.486. The van der Waals surface area contributed by atoms with Gasteiger partial charge in [-0.2, -0.15) is 0 Å². The zero-order chi connectivity index (χ0) is 14.8. The van der Waals surface area contributed by atoms with E-state index in [4.69, 9.17) is 23.2 Å². The van der Waals surface area contributed by atoms with Gasteiger partial charge in [-0.25, -0.2) is 4.98 Å². The van der Waals surface area contributed by atoms with E-state index in [1.807, 2.05) is 0 Å². The summed E-state index contributed by atoms with van der Waals surface area (Å²) in [6.45, 7) is 2.69. The van der Waals surface area contributed by atoms with Crippen molar-refractivity contribution in [1.82, 2.24) is 14.9 Å². The number of carbonyl (C=O) groups is 1. The smallest absolute Gasteiger partial charge is 0.256 e. The fraction of sp³-hybridized carbons (Fsp3) is 0.308. The first kappa shape index (κ1) is 14.6. The molecule has 0 atom stereocenters. The molecule has 21 heavy (non-hydrogen) atoms. The van der Waals surface area contributed by atoms with Gasteiger partial charge in [-0.1, -0.05) is 23.2 Å². The fourth-order valence-electron chi connectivity index (χ4n) is 2.25. The second-order valence-electron chi connectivity index (χ2n) is 4.58. The van der Waals surface area contributed by atoms with E-state index in [2.05, 4.69) is 14.9 Å². The SMILES string of the molecule is O=C(c1cc(Cl)sc1Cl)N1CCN(c2cnccn2)CC1. The Bertz CT molecular complexity index is 641. The number of rotatable bonds is 2. The van der Waals surface area contributed by atoms with Gasteiger partial charge in [-0.3, -0.25) is 9.78 Å². The minimum atomic E-state index is -0.0676. The molecular weight excluding hydrogens is 331 g/mol. The van der Waals surface area contributed by atoms with Crippen LogP contribution in [-0.2, 0) is 0 Å². The van der Waals surface area contributed by atoms with Crippen molar-refractivity contribution in [1.29, 1.82) is 0 Å². The molecule has 110 valence electrons. The zero-order valence-corrected chi connectivity index (χ0v) is 13.3. The molecule has 2 aromatic rings. The minimum Gasteiger partial charge on any atom is -0.352 e. The molecule has 3 heterocycles. The van der Waals surface area contributed by atoms with Crippen LogP contribution < -0.4 is 4.90 Å². The molecule has 0 radical (unpaired) electrons. The number of halogens is 2. The third kappa shape index (κ3) is 3.12. The number of piperazine rings is 1. The molecule has 0 saturated carbocycles. The van der Waals surface area contributed by atoms with Crippen LogP contribution in [0.15, 0.2) is 24.7 Å². The van der Waals surface area contributed by atoms with Crippen molar-refractivity contribution in [2.45, 2.75) is 0 Å². The molecule has 1 aliphatic heterocycles. The van der Waals surface area contributed by atoms with Crippen molar-refractivity contribution in [2.75, 3.05) is 31.1 Å². The molecule has 0 N–H and O–H groups in total. The summed E-state index contributed by atoms with van der Waals surface area (Å²) in [6.07, 6.45) is 5.04. The molecular formula is C13H12Cl2N4OS. The number of hydrogen-bond donors (Lipinski definition) is 0. The summed E-state index contributed by atoms with van der Waals surface area (Å²) in [5, 5.41) is 0. The maximum absolute atomic E-state index is 12.4. The highest BCUT2D eigenvalue weighted by atomic mass is 35.5. The monoisotopic (exact) mass is 342 g/mol. The highest BCUT2D eigenvalue weighted by molar-refractivity contribution is 7.20. The maximum atomic E-state index is 12.4. The fourth-order valence-corrected chi connectivity index (χ4v) is 3.70. The lowest BCUT2D eigenvalue weighted by Crippen LogP contribution is -2.49. The molecule has 1 saturated heterocycles. The summed E-state index contributed by atoms with van der Waals surface area (Å²) in [4.78, 5) is 24.7. The topological polar surface area (TPSA) is 49.3 Å². The largest absolute Gasteiger partial charge is 0.352 e. The molecule has 0 unspecified atom stereocenters. The van der Waals surface area contributed by atoms with Gasteiger partial charge in [0.25, 0.3) is 5.91 Å². The normalized spacial score (nSPS) is 15.3. The average Bonchev–Trinajstić information content (AvgIpc) is 2.86. The number of anilines is 1. The van der Waals surface area contributed by atoms with Gasteiger partial charge in [-0.15, -0.1) is 11.3 Å². The van der Waals surface area contributed by atoms with Crippen molar-refractivity contribution in [2.24, 2.45) is 0 Å². The maximum Gasteiger partial charge on any atom is 0.256 e. The summed E-state index contributed by atoms with van der Waals surface area (Å²) in [6, 6.07) is 1.63. The Morgan fingerprint density at radius 3 is 2.52 bits per heavy atom. The molecule has 5 nitrogen and oxygen atoms in total. The van der Waals surface area contributed by atoms with E-state index in [0.717, 1.165) is 18.9 Å². The van der Waals surface area contributed by atoms with E-state index in [1.165, 1.54) is 11.3 Å². The van der Waals surface area contributed by atoms with Crippen LogP contribution in [0.2, 0.25) is 8.67 Å². The van der Waals surface area contributed by atoms with Crippen molar-refractivity contribution < 1.29 is 4.79 Å². The zero-order valence-electron chi connectivity index (χ0n) is 11.0. The second-order valence-corrected chi connectivity index (χ2v) is 6.87. The minimum absolute atomic E-state index is 0.0676. The lowest BCUT2D eigenvalue weighted by molar-refractivity contribution is 0.0747. The van der Waals surface area contributed by atoms with Crippen LogP contribution in [0.3, 0.4) is 0 Å². The molecule has 8 heteroatoms. The van der Waals surface area contributed by atoms with Crippen molar-refractivity contribution in [3.05, 3.63) is 38.9 Å². The summed E-state index contributed by atoms with van der Waals surface area (Å²) in [5.74, 6) is 0.767. The molecule has 1 fully saturated rings. The van der Waals surface area contributed by atoms with E-state index in [0.29, 0.717) is 27.3 Å². The molecule has 0 aliphatic carbocycles. The third-order valence-corrected chi connectivity index (χ3v) is 4.82. The first-order chi connectivity index (χ1) is 10.1. The summed E-state index contributed by atoms with van der Waals surface area (Å²) < 4.78 is 0.975. The Hall–Kier alpha value is -1.37. The van der Waals surface area contributed by atoms with Gasteiger partial charge in [0.15, 0.2) is 0 Å². The number of amides is 1. The first-order valence-corrected chi connectivity index (χ1v) is 7.97. The molecule has 1 aliphatic rings. The van der Waals surface area contributed by atoms with Crippen LogP contribution in [0, 0.1) is 0 Å². The van der Waals surface area contributed by atoms with Crippen molar-refractivity contribution in [3.63, 3.8) is 0 Å². The molecule has 3 rings (SSSR count). The van der Waals surface area contributed by atoms with E-state index < -0.39 is 0 Å². The van der Waals surface area contributed by atoms with E-state index in [9.17, 15) is 4.79 Å². The van der Waals surface area contributed by atoms with Crippen molar-refractivity contribution >= 4 is 46.3 Å². The Balaban J connectivity index is 1.66. The van der Waals surface area contributed by atoms with E-state index >= 15 is 0 Å². The van der Waals surface area contributed by atoms with Crippen LogP contribution in [0.5, 0.6) is 0 Å². The van der Waals surface area contributed by atoms with Crippen LogP contribution >= 0.6 is 34.5 Å². The Morgan fingerprint density at radius 1 is 1.19 bits per heavy atom. The van der Waals surface area contributed by atoms with Crippen LogP contribution in [0.4, 0.5) is 5.82 Å². The predicted molar refractivity (Wildman–Crippen MR) is 84.5 cm³/mol. The van der Waals surface area contributed by atoms with E-state index in [-0.39, 0.29) is 5.91 Å². The van der Waals surface area contributed by atoms with Gasteiger partial charge < -0.3 is 9.80 Å². The van der Waals surface area contributed by atoms with Gasteiger partial charge in [0.1, 0.15) is 10.2 Å². The van der Waals surface area contributed by atoms with Gasteiger partial charge in [0.05, 0.1) is 16.1 Å². The van der Waals surface area contributed by atoms with Crippen molar-refractivity contribution in [3.8, 4) is 0 Å². The highest BCUT2D eigenvalue weighted by Crippen LogP contribution is 2.32. The Kier molecular flexibility index (Phi) is 4.28. The number of thiophene rings is 1. The second kappa shape index (κ2) is 6.17. The van der Waals surface area contributed by atoms with Crippen LogP contribution in [0.25, 0.3) is 0 Å². The lowest BCUT2D eigenvalue weighted by Gasteiger charge is -2.35. The third-order valence-electron chi connectivity index (χ3n) is 3.33. The highest BCUT2D eigenvalue weighted by Gasteiger charge is 2.25. The van der Waals surface area contributed by atoms with E-state index in [1.54, 1.807) is 29.6 Å². The first-order valence-electron chi connectivity index (χ1n) is 6.40. The van der Waals surface area contributed by atoms with Gasteiger partial charge >= 0.3 is 0 Å². The summed E-state index contributed by atoms with van der Waals surface area (Å²) in [7, 11) is 0. The quantitative estimate of drug-likeness (QED) is 0.841. The number of hydrogen-bond acceptors (Lipinski definition) is 5. The standard InChI is InChI=1S/C13H12Cl2N4OS/c14-10-7-9(12(15)21-10)13(20)19-5-3-18(4-6-19)11-8-16-1-2-17-11/h1-2,7-8H,3-6H2.